The van der Waals surface area contributed by atoms with Crippen molar-refractivity contribution < 1.29 is 14.3 Å². The van der Waals surface area contributed by atoms with Crippen LogP contribution in [0, 0.1) is 5.92 Å². The normalized spacial score (nSPS) is 12.1. The highest BCUT2D eigenvalue weighted by atomic mass is 16.5. The Bertz CT molecular complexity index is 929. The van der Waals surface area contributed by atoms with Crippen LogP contribution >= 0.6 is 0 Å². The number of benzene rings is 2. The number of ether oxygens (including phenoxy) is 1. The van der Waals surface area contributed by atoms with Gasteiger partial charge in [0, 0.05) is 5.56 Å². The van der Waals surface area contributed by atoms with Gasteiger partial charge in [0.25, 0.3) is 5.91 Å². The highest BCUT2D eigenvalue weighted by Gasteiger charge is 2.22. The third-order valence-corrected chi connectivity index (χ3v) is 4.30. The standard InChI is InChI=1S/C21H23N3O3/c1-13(2)20(21-22-17-9-4-5-10-18(17)23-21)24-19(26)12-27-16-8-6-7-15(11-16)14(3)25/h4-11,13,20H,12H2,1-3H3,(H,22,23)(H,24,26). The van der Waals surface area contributed by atoms with Crippen molar-refractivity contribution in [3.05, 3.63) is 59.9 Å². The molecule has 1 aromatic heterocycles. The number of fused-ring (bicyclic) bond motifs is 1. The first-order valence-corrected chi connectivity index (χ1v) is 8.92. The molecule has 1 atom stereocenters. The molecule has 2 N–H and O–H groups in total. The number of aromatic nitrogens is 2. The van der Waals surface area contributed by atoms with Crippen LogP contribution in [0.5, 0.6) is 5.75 Å². The summed E-state index contributed by atoms with van der Waals surface area (Å²) in [5, 5.41) is 2.98. The summed E-state index contributed by atoms with van der Waals surface area (Å²) in [5.74, 6) is 1.06. The molecule has 0 fully saturated rings. The second kappa shape index (κ2) is 8.03. The lowest BCUT2D eigenvalue weighted by Crippen LogP contribution is -2.35. The number of rotatable bonds is 7. The summed E-state index contributed by atoms with van der Waals surface area (Å²) < 4.78 is 5.54. The lowest BCUT2D eigenvalue weighted by atomic mass is 10.0. The van der Waals surface area contributed by atoms with E-state index >= 15 is 0 Å². The number of nitrogens with zero attached hydrogens (tertiary/aromatic N) is 1. The molecule has 6 nitrogen and oxygen atoms in total. The number of imidazole rings is 1. The molecule has 0 saturated heterocycles. The molecule has 6 heteroatoms. The van der Waals surface area contributed by atoms with Gasteiger partial charge in [0.1, 0.15) is 11.6 Å². The summed E-state index contributed by atoms with van der Waals surface area (Å²) in [6.07, 6.45) is 0. The van der Waals surface area contributed by atoms with E-state index in [0.29, 0.717) is 11.3 Å². The van der Waals surface area contributed by atoms with E-state index in [1.54, 1.807) is 24.3 Å². The highest BCUT2D eigenvalue weighted by molar-refractivity contribution is 5.94. The van der Waals surface area contributed by atoms with Crippen LogP contribution < -0.4 is 10.1 Å². The van der Waals surface area contributed by atoms with Crippen molar-refractivity contribution in [2.75, 3.05) is 6.61 Å². The van der Waals surface area contributed by atoms with E-state index in [2.05, 4.69) is 15.3 Å². The molecule has 0 saturated carbocycles. The zero-order valence-electron chi connectivity index (χ0n) is 15.7. The van der Waals surface area contributed by atoms with Crippen molar-refractivity contribution in [2.45, 2.75) is 26.8 Å². The molecule has 1 unspecified atom stereocenters. The third-order valence-electron chi connectivity index (χ3n) is 4.30. The Kier molecular flexibility index (Phi) is 5.54. The van der Waals surface area contributed by atoms with Crippen molar-refractivity contribution in [1.82, 2.24) is 15.3 Å². The van der Waals surface area contributed by atoms with Crippen LogP contribution in [0.2, 0.25) is 0 Å². The van der Waals surface area contributed by atoms with E-state index in [-0.39, 0.29) is 30.3 Å². The third kappa shape index (κ3) is 4.53. The molecular weight excluding hydrogens is 342 g/mol. The van der Waals surface area contributed by atoms with Crippen molar-refractivity contribution in [1.29, 1.82) is 0 Å². The smallest absolute Gasteiger partial charge is 0.258 e. The van der Waals surface area contributed by atoms with Gasteiger partial charge in [-0.15, -0.1) is 0 Å². The fourth-order valence-electron chi connectivity index (χ4n) is 2.84. The topological polar surface area (TPSA) is 84.1 Å². The molecule has 0 aliphatic rings. The molecular formula is C21H23N3O3. The number of carbonyl (C=O) groups excluding carboxylic acids is 2. The molecule has 0 spiro atoms. The zero-order chi connectivity index (χ0) is 19.4. The minimum atomic E-state index is -0.253. The molecule has 140 valence electrons. The largest absolute Gasteiger partial charge is 0.484 e. The van der Waals surface area contributed by atoms with Crippen molar-refractivity contribution in [3.8, 4) is 5.75 Å². The Hall–Kier alpha value is -3.15. The fourth-order valence-corrected chi connectivity index (χ4v) is 2.84. The van der Waals surface area contributed by atoms with Gasteiger partial charge in [-0.2, -0.15) is 0 Å². The van der Waals surface area contributed by atoms with E-state index in [1.165, 1.54) is 6.92 Å². The van der Waals surface area contributed by atoms with Crippen molar-refractivity contribution in [3.63, 3.8) is 0 Å². The van der Waals surface area contributed by atoms with Crippen LogP contribution in [-0.2, 0) is 4.79 Å². The summed E-state index contributed by atoms with van der Waals surface area (Å²) in [4.78, 5) is 31.7. The van der Waals surface area contributed by atoms with Crippen LogP contribution in [0.1, 0.15) is 43.0 Å². The quantitative estimate of drug-likeness (QED) is 0.626. The summed E-state index contributed by atoms with van der Waals surface area (Å²) in [5.41, 5.74) is 2.35. The molecule has 0 radical (unpaired) electrons. The van der Waals surface area contributed by atoms with Gasteiger partial charge in [0.15, 0.2) is 12.4 Å². The van der Waals surface area contributed by atoms with Crippen LogP contribution in [0.3, 0.4) is 0 Å². The first-order chi connectivity index (χ1) is 12.9. The Morgan fingerprint density at radius 1 is 1.15 bits per heavy atom. The number of nitrogens with one attached hydrogen (secondary N) is 2. The van der Waals surface area contributed by atoms with E-state index in [0.717, 1.165) is 16.9 Å². The van der Waals surface area contributed by atoms with E-state index < -0.39 is 0 Å². The summed E-state index contributed by atoms with van der Waals surface area (Å²) in [6.45, 7) is 5.40. The average Bonchev–Trinajstić information content (AvgIpc) is 3.08. The molecule has 0 aliphatic carbocycles. The van der Waals surface area contributed by atoms with E-state index in [4.69, 9.17) is 4.74 Å². The van der Waals surface area contributed by atoms with Crippen LogP contribution in [-0.4, -0.2) is 28.3 Å². The molecule has 2 aromatic carbocycles. The number of amides is 1. The maximum absolute atomic E-state index is 12.4. The minimum Gasteiger partial charge on any atom is -0.484 e. The molecule has 0 aliphatic heterocycles. The van der Waals surface area contributed by atoms with Gasteiger partial charge in [0.2, 0.25) is 0 Å². The van der Waals surface area contributed by atoms with Gasteiger partial charge in [-0.3, -0.25) is 9.59 Å². The van der Waals surface area contributed by atoms with Gasteiger partial charge in [-0.25, -0.2) is 4.98 Å². The molecule has 1 heterocycles. The lowest BCUT2D eigenvalue weighted by Gasteiger charge is -2.20. The number of Topliss-reactive ketones (excluding diaryl/α,β-unsaturated/α-hetero) is 1. The van der Waals surface area contributed by atoms with Gasteiger partial charge in [-0.1, -0.05) is 38.1 Å². The number of para-hydroxylation sites is 2. The van der Waals surface area contributed by atoms with Crippen LogP contribution in [0.25, 0.3) is 11.0 Å². The van der Waals surface area contributed by atoms with Crippen LogP contribution in [0.4, 0.5) is 0 Å². The second-order valence-corrected chi connectivity index (χ2v) is 6.80. The number of hydrogen-bond acceptors (Lipinski definition) is 4. The van der Waals surface area contributed by atoms with E-state index in [1.807, 2.05) is 38.1 Å². The Balaban J connectivity index is 1.67. The number of H-pyrrole nitrogens is 1. The summed E-state index contributed by atoms with van der Waals surface area (Å²) >= 11 is 0. The average molecular weight is 365 g/mol. The number of ketones is 1. The fraction of sp³-hybridized carbons (Fsp3) is 0.286. The predicted molar refractivity (Wildman–Crippen MR) is 104 cm³/mol. The minimum absolute atomic E-state index is 0.0466. The monoisotopic (exact) mass is 365 g/mol. The summed E-state index contributed by atoms with van der Waals surface area (Å²) in [7, 11) is 0. The lowest BCUT2D eigenvalue weighted by molar-refractivity contribution is -0.124. The Labute approximate surface area is 158 Å². The van der Waals surface area contributed by atoms with Crippen molar-refractivity contribution in [2.24, 2.45) is 5.92 Å². The predicted octanol–water partition coefficient (Wildman–Crippen LogP) is 3.66. The molecule has 3 rings (SSSR count). The van der Waals surface area contributed by atoms with Crippen LogP contribution in [0.15, 0.2) is 48.5 Å². The maximum atomic E-state index is 12.4. The first-order valence-electron chi connectivity index (χ1n) is 8.92. The second-order valence-electron chi connectivity index (χ2n) is 6.80. The van der Waals surface area contributed by atoms with E-state index in [9.17, 15) is 9.59 Å². The van der Waals surface area contributed by atoms with Gasteiger partial charge in [-0.05, 0) is 37.1 Å². The molecule has 27 heavy (non-hydrogen) atoms. The van der Waals surface area contributed by atoms with Gasteiger partial charge < -0.3 is 15.0 Å². The SMILES string of the molecule is CC(=O)c1cccc(OCC(=O)NC(c2nc3ccccc3[nH]2)C(C)C)c1. The molecule has 0 bridgehead atoms. The molecule has 1 amide bonds. The van der Waals surface area contributed by atoms with Gasteiger partial charge >= 0.3 is 0 Å². The Morgan fingerprint density at radius 3 is 2.63 bits per heavy atom. The Morgan fingerprint density at radius 2 is 1.93 bits per heavy atom. The van der Waals surface area contributed by atoms with Gasteiger partial charge in [0.05, 0.1) is 17.1 Å². The number of carbonyl (C=O) groups is 2. The number of hydrogen-bond donors (Lipinski definition) is 2. The molecule has 3 aromatic rings. The summed E-state index contributed by atoms with van der Waals surface area (Å²) in [6, 6.07) is 14.3. The maximum Gasteiger partial charge on any atom is 0.258 e. The highest BCUT2D eigenvalue weighted by Crippen LogP contribution is 2.22. The number of aromatic amines is 1. The van der Waals surface area contributed by atoms with Crippen molar-refractivity contribution >= 4 is 22.7 Å². The zero-order valence-corrected chi connectivity index (χ0v) is 15.7. The first kappa shape index (κ1) is 18.6.